The maximum Gasteiger partial charge on any atom is 0.293 e. The van der Waals surface area contributed by atoms with Crippen LogP contribution in [0, 0.1) is 37.8 Å². The first-order valence-corrected chi connectivity index (χ1v) is 8.48. The van der Waals surface area contributed by atoms with Crippen LogP contribution in [-0.2, 0) is 11.3 Å². The van der Waals surface area contributed by atoms with Crippen LogP contribution < -0.4 is 5.32 Å². The molecule has 0 unspecified atom stereocenters. The SMILES string of the molecule is Cc1ccc(CN(C)CC(=O)Nc2c([N+](=O)[O-])ccc(C)c2C)c(C)c1. The highest BCUT2D eigenvalue weighted by molar-refractivity contribution is 5.95. The Morgan fingerprint density at radius 1 is 1.12 bits per heavy atom. The minimum Gasteiger partial charge on any atom is -0.319 e. The van der Waals surface area contributed by atoms with Crippen molar-refractivity contribution in [1.82, 2.24) is 4.90 Å². The fourth-order valence-corrected chi connectivity index (χ4v) is 2.91. The molecule has 2 aromatic carbocycles. The van der Waals surface area contributed by atoms with Gasteiger partial charge in [0.25, 0.3) is 5.69 Å². The second-order valence-electron chi connectivity index (χ2n) is 6.81. The fraction of sp³-hybridized carbons (Fsp3) is 0.350. The van der Waals surface area contributed by atoms with Gasteiger partial charge < -0.3 is 5.32 Å². The minimum atomic E-state index is -0.471. The number of hydrogen-bond donors (Lipinski definition) is 1. The van der Waals surface area contributed by atoms with E-state index < -0.39 is 4.92 Å². The maximum atomic E-state index is 12.4. The Labute approximate surface area is 154 Å². The van der Waals surface area contributed by atoms with Gasteiger partial charge in [0.2, 0.25) is 5.91 Å². The number of aryl methyl sites for hydroxylation is 3. The number of rotatable bonds is 6. The van der Waals surface area contributed by atoms with E-state index in [0.717, 1.165) is 11.1 Å². The highest BCUT2D eigenvalue weighted by Gasteiger charge is 2.20. The van der Waals surface area contributed by atoms with Gasteiger partial charge in [0.15, 0.2) is 0 Å². The summed E-state index contributed by atoms with van der Waals surface area (Å²) in [7, 11) is 1.86. The van der Waals surface area contributed by atoms with Crippen LogP contribution in [-0.4, -0.2) is 29.3 Å². The van der Waals surface area contributed by atoms with E-state index in [9.17, 15) is 14.9 Å². The molecule has 0 heterocycles. The van der Waals surface area contributed by atoms with E-state index >= 15 is 0 Å². The molecule has 0 fully saturated rings. The monoisotopic (exact) mass is 355 g/mol. The molecule has 0 aliphatic carbocycles. The van der Waals surface area contributed by atoms with Crippen LogP contribution in [0.5, 0.6) is 0 Å². The topological polar surface area (TPSA) is 75.5 Å². The second kappa shape index (κ2) is 8.10. The first-order chi connectivity index (χ1) is 12.2. The summed E-state index contributed by atoms with van der Waals surface area (Å²) in [5.41, 5.74) is 5.34. The van der Waals surface area contributed by atoms with Crippen LogP contribution in [0.2, 0.25) is 0 Å². The van der Waals surface area contributed by atoms with Crippen molar-refractivity contribution in [2.24, 2.45) is 0 Å². The molecule has 0 aromatic heterocycles. The van der Waals surface area contributed by atoms with Crippen LogP contribution >= 0.6 is 0 Å². The number of nitro groups is 1. The molecule has 0 saturated carbocycles. The average molecular weight is 355 g/mol. The summed E-state index contributed by atoms with van der Waals surface area (Å²) < 4.78 is 0. The number of nitrogens with one attached hydrogen (secondary N) is 1. The van der Waals surface area contributed by atoms with E-state index in [-0.39, 0.29) is 23.8 Å². The van der Waals surface area contributed by atoms with E-state index in [2.05, 4.69) is 30.4 Å². The summed E-state index contributed by atoms with van der Waals surface area (Å²) in [6.45, 7) is 8.52. The van der Waals surface area contributed by atoms with Crippen LogP contribution in [0.15, 0.2) is 30.3 Å². The second-order valence-corrected chi connectivity index (χ2v) is 6.81. The summed E-state index contributed by atoms with van der Waals surface area (Å²) in [6.07, 6.45) is 0. The Bertz CT molecular complexity index is 846. The molecule has 26 heavy (non-hydrogen) atoms. The van der Waals surface area contributed by atoms with Crippen LogP contribution in [0.1, 0.15) is 27.8 Å². The molecule has 0 aliphatic rings. The van der Waals surface area contributed by atoms with Crippen molar-refractivity contribution in [1.29, 1.82) is 0 Å². The van der Waals surface area contributed by atoms with Gasteiger partial charge in [-0.3, -0.25) is 19.8 Å². The lowest BCUT2D eigenvalue weighted by molar-refractivity contribution is -0.384. The molecular formula is C20H25N3O3. The Morgan fingerprint density at radius 3 is 2.42 bits per heavy atom. The average Bonchev–Trinajstić information content (AvgIpc) is 2.54. The van der Waals surface area contributed by atoms with E-state index in [1.54, 1.807) is 13.0 Å². The van der Waals surface area contributed by atoms with E-state index in [4.69, 9.17) is 0 Å². The van der Waals surface area contributed by atoms with Crippen LogP contribution in [0.25, 0.3) is 0 Å². The Morgan fingerprint density at radius 2 is 1.81 bits per heavy atom. The standard InChI is InChI=1S/C20H25N3O3/c1-13-6-8-17(15(3)10-13)11-22(5)12-19(24)21-20-16(4)14(2)7-9-18(20)23(25)26/h6-10H,11-12H2,1-5H3,(H,21,24). The molecule has 0 saturated heterocycles. The van der Waals surface area contributed by atoms with Crippen molar-refractivity contribution in [3.05, 3.63) is 68.3 Å². The molecule has 138 valence electrons. The third-order valence-corrected chi connectivity index (χ3v) is 4.53. The number of nitro benzene ring substituents is 1. The fourth-order valence-electron chi connectivity index (χ4n) is 2.91. The predicted octanol–water partition coefficient (Wildman–Crippen LogP) is 3.90. The number of benzene rings is 2. The van der Waals surface area contributed by atoms with Crippen molar-refractivity contribution in [3.8, 4) is 0 Å². The highest BCUT2D eigenvalue weighted by Crippen LogP contribution is 2.30. The van der Waals surface area contributed by atoms with Crippen molar-refractivity contribution >= 4 is 17.3 Å². The number of likely N-dealkylation sites (N-methyl/N-ethyl adjacent to an activating group) is 1. The van der Waals surface area contributed by atoms with Gasteiger partial charge in [-0.2, -0.15) is 0 Å². The third kappa shape index (κ3) is 4.67. The molecule has 1 N–H and O–H groups in total. The maximum absolute atomic E-state index is 12.4. The Kier molecular flexibility index (Phi) is 6.10. The molecule has 0 aliphatic heterocycles. The van der Waals surface area contributed by atoms with Crippen molar-refractivity contribution in [2.45, 2.75) is 34.2 Å². The van der Waals surface area contributed by atoms with Gasteiger partial charge in [0.05, 0.1) is 11.5 Å². The smallest absolute Gasteiger partial charge is 0.293 e. The zero-order chi connectivity index (χ0) is 19.4. The molecule has 1 amide bonds. The molecule has 0 bridgehead atoms. The molecule has 2 rings (SSSR count). The van der Waals surface area contributed by atoms with Crippen molar-refractivity contribution in [3.63, 3.8) is 0 Å². The van der Waals surface area contributed by atoms with Gasteiger partial charge in [-0.25, -0.2) is 0 Å². The molecule has 6 nitrogen and oxygen atoms in total. The Balaban J connectivity index is 2.09. The molecule has 0 atom stereocenters. The normalized spacial score (nSPS) is 10.8. The first-order valence-electron chi connectivity index (χ1n) is 8.48. The van der Waals surface area contributed by atoms with Gasteiger partial charge in [0, 0.05) is 12.6 Å². The summed E-state index contributed by atoms with van der Waals surface area (Å²) >= 11 is 0. The first kappa shape index (κ1) is 19.6. The lowest BCUT2D eigenvalue weighted by Gasteiger charge is -2.18. The third-order valence-electron chi connectivity index (χ3n) is 4.53. The minimum absolute atomic E-state index is 0.0847. The molecule has 0 radical (unpaired) electrons. The zero-order valence-electron chi connectivity index (χ0n) is 15.9. The number of amides is 1. The summed E-state index contributed by atoms with van der Waals surface area (Å²) in [5.74, 6) is -0.269. The summed E-state index contributed by atoms with van der Waals surface area (Å²) in [4.78, 5) is 25.1. The summed E-state index contributed by atoms with van der Waals surface area (Å²) in [5, 5.41) is 14.0. The molecular weight excluding hydrogens is 330 g/mol. The quantitative estimate of drug-likeness (QED) is 0.630. The number of anilines is 1. The number of carbonyl (C=O) groups excluding carboxylic acids is 1. The largest absolute Gasteiger partial charge is 0.319 e. The van der Waals surface area contributed by atoms with E-state index in [0.29, 0.717) is 12.1 Å². The lowest BCUT2D eigenvalue weighted by Crippen LogP contribution is -2.30. The molecule has 2 aromatic rings. The van der Waals surface area contributed by atoms with Crippen LogP contribution in [0.4, 0.5) is 11.4 Å². The molecule has 0 spiro atoms. The van der Waals surface area contributed by atoms with Gasteiger partial charge in [-0.15, -0.1) is 0 Å². The highest BCUT2D eigenvalue weighted by atomic mass is 16.6. The number of carbonyl (C=O) groups is 1. The summed E-state index contributed by atoms with van der Waals surface area (Å²) in [6, 6.07) is 9.35. The van der Waals surface area contributed by atoms with Gasteiger partial charge in [0.1, 0.15) is 5.69 Å². The van der Waals surface area contributed by atoms with Gasteiger partial charge in [-0.05, 0) is 57.0 Å². The number of nitrogens with zero attached hydrogens (tertiary/aromatic N) is 2. The molecule has 6 heteroatoms. The van der Waals surface area contributed by atoms with Gasteiger partial charge in [-0.1, -0.05) is 29.8 Å². The Hall–Kier alpha value is -2.73. The van der Waals surface area contributed by atoms with Crippen molar-refractivity contribution in [2.75, 3.05) is 18.9 Å². The van der Waals surface area contributed by atoms with E-state index in [1.807, 2.05) is 25.8 Å². The predicted molar refractivity (Wildman–Crippen MR) is 103 cm³/mol. The lowest BCUT2D eigenvalue weighted by atomic mass is 10.1. The van der Waals surface area contributed by atoms with Crippen molar-refractivity contribution < 1.29 is 9.72 Å². The van der Waals surface area contributed by atoms with E-state index in [1.165, 1.54) is 17.2 Å². The zero-order valence-corrected chi connectivity index (χ0v) is 15.9. The van der Waals surface area contributed by atoms with Crippen LogP contribution in [0.3, 0.4) is 0 Å². The number of hydrogen-bond acceptors (Lipinski definition) is 4. The van der Waals surface area contributed by atoms with Gasteiger partial charge >= 0.3 is 0 Å².